The Morgan fingerprint density at radius 2 is 2.18 bits per heavy atom. The quantitative estimate of drug-likeness (QED) is 0.627. The maximum atomic E-state index is 13.7. The SMILES string of the molecule is Cc1cccc(Oc2ccnc(NN)n2)c1F. The number of aryl methyl sites for hydroxylation is 1. The van der Waals surface area contributed by atoms with Crippen LogP contribution < -0.4 is 16.0 Å². The molecule has 1 heterocycles. The first-order valence-corrected chi connectivity index (χ1v) is 4.93. The Morgan fingerprint density at radius 1 is 1.35 bits per heavy atom. The third kappa shape index (κ3) is 2.48. The summed E-state index contributed by atoms with van der Waals surface area (Å²) in [6.07, 6.45) is 1.46. The lowest BCUT2D eigenvalue weighted by Gasteiger charge is -2.07. The molecule has 88 valence electrons. The van der Waals surface area contributed by atoms with Gasteiger partial charge in [-0.2, -0.15) is 4.98 Å². The van der Waals surface area contributed by atoms with Crippen LogP contribution in [-0.2, 0) is 0 Å². The number of anilines is 1. The summed E-state index contributed by atoms with van der Waals surface area (Å²) in [7, 11) is 0. The van der Waals surface area contributed by atoms with E-state index in [4.69, 9.17) is 10.6 Å². The number of hydrogen-bond donors (Lipinski definition) is 2. The summed E-state index contributed by atoms with van der Waals surface area (Å²) in [5, 5.41) is 0. The number of benzene rings is 1. The van der Waals surface area contributed by atoms with E-state index in [1.807, 2.05) is 0 Å². The molecule has 0 aliphatic heterocycles. The number of nitrogen functional groups attached to an aromatic ring is 1. The van der Waals surface area contributed by atoms with E-state index < -0.39 is 5.82 Å². The Bertz CT molecular complexity index is 533. The van der Waals surface area contributed by atoms with Crippen LogP contribution in [0.25, 0.3) is 0 Å². The fourth-order valence-corrected chi connectivity index (χ4v) is 1.28. The lowest BCUT2D eigenvalue weighted by atomic mass is 10.2. The van der Waals surface area contributed by atoms with Gasteiger partial charge in [-0.15, -0.1) is 0 Å². The van der Waals surface area contributed by atoms with Gasteiger partial charge in [-0.1, -0.05) is 12.1 Å². The van der Waals surface area contributed by atoms with Crippen LogP contribution in [-0.4, -0.2) is 9.97 Å². The van der Waals surface area contributed by atoms with Gasteiger partial charge in [0.2, 0.25) is 11.8 Å². The second-order valence-corrected chi connectivity index (χ2v) is 3.35. The van der Waals surface area contributed by atoms with Gasteiger partial charge in [0, 0.05) is 12.3 Å². The predicted octanol–water partition coefficient (Wildman–Crippen LogP) is 2.00. The zero-order chi connectivity index (χ0) is 12.3. The minimum atomic E-state index is -0.409. The molecule has 0 unspecified atom stereocenters. The molecular formula is C11H11FN4O. The van der Waals surface area contributed by atoms with Gasteiger partial charge in [0.15, 0.2) is 11.6 Å². The Labute approximate surface area is 97.4 Å². The highest BCUT2D eigenvalue weighted by atomic mass is 19.1. The van der Waals surface area contributed by atoms with E-state index in [0.717, 1.165) is 0 Å². The second kappa shape index (κ2) is 4.75. The molecular weight excluding hydrogens is 223 g/mol. The van der Waals surface area contributed by atoms with Crippen molar-refractivity contribution < 1.29 is 9.13 Å². The van der Waals surface area contributed by atoms with Gasteiger partial charge in [0.05, 0.1) is 0 Å². The number of halogens is 1. The molecule has 1 aromatic heterocycles. The fourth-order valence-electron chi connectivity index (χ4n) is 1.28. The molecule has 5 nitrogen and oxygen atoms in total. The number of hydrazine groups is 1. The molecule has 0 radical (unpaired) electrons. The van der Waals surface area contributed by atoms with Crippen LogP contribution >= 0.6 is 0 Å². The third-order valence-electron chi connectivity index (χ3n) is 2.13. The van der Waals surface area contributed by atoms with Crippen LogP contribution in [0.4, 0.5) is 10.3 Å². The van der Waals surface area contributed by atoms with Gasteiger partial charge in [-0.3, -0.25) is 5.43 Å². The van der Waals surface area contributed by atoms with Crippen molar-refractivity contribution in [1.82, 2.24) is 9.97 Å². The monoisotopic (exact) mass is 234 g/mol. The highest BCUT2D eigenvalue weighted by molar-refractivity contribution is 5.34. The maximum Gasteiger partial charge on any atom is 0.240 e. The number of nitrogens with one attached hydrogen (secondary N) is 1. The summed E-state index contributed by atoms with van der Waals surface area (Å²) in [6.45, 7) is 1.66. The molecule has 1 aromatic carbocycles. The van der Waals surface area contributed by atoms with E-state index in [-0.39, 0.29) is 17.6 Å². The van der Waals surface area contributed by atoms with Crippen molar-refractivity contribution in [2.45, 2.75) is 6.92 Å². The topological polar surface area (TPSA) is 73.1 Å². The lowest BCUT2D eigenvalue weighted by molar-refractivity contribution is 0.425. The van der Waals surface area contributed by atoms with Crippen molar-refractivity contribution >= 4 is 5.95 Å². The molecule has 0 aliphatic rings. The fraction of sp³-hybridized carbons (Fsp3) is 0.0909. The van der Waals surface area contributed by atoms with Gasteiger partial charge < -0.3 is 4.74 Å². The van der Waals surface area contributed by atoms with Gasteiger partial charge >= 0.3 is 0 Å². The highest BCUT2D eigenvalue weighted by Gasteiger charge is 2.08. The minimum absolute atomic E-state index is 0.117. The van der Waals surface area contributed by atoms with E-state index in [2.05, 4.69) is 15.4 Å². The summed E-state index contributed by atoms with van der Waals surface area (Å²) in [6, 6.07) is 6.41. The predicted molar refractivity (Wildman–Crippen MR) is 61.1 cm³/mol. The standard InChI is InChI=1S/C11H11FN4O/c1-7-3-2-4-8(10(7)12)17-9-5-6-14-11(15-9)16-13/h2-6H,13H2,1H3,(H,14,15,16). The third-order valence-corrected chi connectivity index (χ3v) is 2.13. The lowest BCUT2D eigenvalue weighted by Crippen LogP contribution is -2.10. The van der Waals surface area contributed by atoms with E-state index in [0.29, 0.717) is 5.56 Å². The number of aromatic nitrogens is 2. The van der Waals surface area contributed by atoms with Crippen molar-refractivity contribution in [1.29, 1.82) is 0 Å². The second-order valence-electron chi connectivity index (χ2n) is 3.35. The Morgan fingerprint density at radius 3 is 2.94 bits per heavy atom. The molecule has 6 heteroatoms. The van der Waals surface area contributed by atoms with Gasteiger partial charge in [-0.25, -0.2) is 15.2 Å². The van der Waals surface area contributed by atoms with Crippen LogP contribution in [0.15, 0.2) is 30.5 Å². The number of nitrogens with zero attached hydrogens (tertiary/aromatic N) is 2. The Hall–Kier alpha value is -2.21. The van der Waals surface area contributed by atoms with Crippen LogP contribution in [0.3, 0.4) is 0 Å². The number of nitrogens with two attached hydrogens (primary N) is 1. The largest absolute Gasteiger partial charge is 0.436 e. The first-order chi connectivity index (χ1) is 8.20. The molecule has 17 heavy (non-hydrogen) atoms. The van der Waals surface area contributed by atoms with E-state index in [1.165, 1.54) is 18.3 Å². The average molecular weight is 234 g/mol. The molecule has 0 bridgehead atoms. The molecule has 2 aromatic rings. The number of hydrogen-bond acceptors (Lipinski definition) is 5. The molecule has 0 fully saturated rings. The van der Waals surface area contributed by atoms with E-state index in [9.17, 15) is 4.39 Å². The van der Waals surface area contributed by atoms with Crippen LogP contribution in [0, 0.1) is 12.7 Å². The summed E-state index contributed by atoms with van der Waals surface area (Å²) in [5.41, 5.74) is 2.79. The molecule has 0 amide bonds. The van der Waals surface area contributed by atoms with Crippen LogP contribution in [0.1, 0.15) is 5.56 Å². The molecule has 3 N–H and O–H groups in total. The van der Waals surface area contributed by atoms with E-state index in [1.54, 1.807) is 19.1 Å². The van der Waals surface area contributed by atoms with Crippen molar-refractivity contribution in [3.05, 3.63) is 41.8 Å². The highest BCUT2D eigenvalue weighted by Crippen LogP contribution is 2.24. The number of ether oxygens (including phenoxy) is 1. The van der Waals surface area contributed by atoms with Gasteiger partial charge in [0.1, 0.15) is 0 Å². The van der Waals surface area contributed by atoms with Crippen molar-refractivity contribution in [3.63, 3.8) is 0 Å². The molecule has 0 atom stereocenters. The van der Waals surface area contributed by atoms with E-state index >= 15 is 0 Å². The molecule has 2 rings (SSSR count). The van der Waals surface area contributed by atoms with Crippen molar-refractivity contribution in [3.8, 4) is 11.6 Å². The summed E-state index contributed by atoms with van der Waals surface area (Å²) in [4.78, 5) is 7.74. The maximum absolute atomic E-state index is 13.7. The normalized spacial score (nSPS) is 10.1. The number of rotatable bonds is 3. The average Bonchev–Trinajstić information content (AvgIpc) is 2.35. The Balaban J connectivity index is 2.28. The molecule has 0 spiro atoms. The smallest absolute Gasteiger partial charge is 0.240 e. The zero-order valence-electron chi connectivity index (χ0n) is 9.14. The Kier molecular flexibility index (Phi) is 3.15. The zero-order valence-corrected chi connectivity index (χ0v) is 9.14. The van der Waals surface area contributed by atoms with Crippen molar-refractivity contribution in [2.24, 2.45) is 5.84 Å². The molecule has 0 saturated heterocycles. The summed E-state index contributed by atoms with van der Waals surface area (Å²) < 4.78 is 19.0. The molecule has 0 saturated carbocycles. The first-order valence-electron chi connectivity index (χ1n) is 4.93. The summed E-state index contributed by atoms with van der Waals surface area (Å²) >= 11 is 0. The summed E-state index contributed by atoms with van der Waals surface area (Å²) in [5.74, 6) is 5.29. The van der Waals surface area contributed by atoms with Crippen LogP contribution in [0.2, 0.25) is 0 Å². The minimum Gasteiger partial charge on any atom is -0.436 e. The first kappa shape index (κ1) is 11.3. The van der Waals surface area contributed by atoms with Gasteiger partial charge in [-0.05, 0) is 18.6 Å². The molecule has 0 aliphatic carbocycles. The van der Waals surface area contributed by atoms with Crippen LogP contribution in [0.5, 0.6) is 11.6 Å². The van der Waals surface area contributed by atoms with Gasteiger partial charge in [0.25, 0.3) is 0 Å². The van der Waals surface area contributed by atoms with Crippen molar-refractivity contribution in [2.75, 3.05) is 5.43 Å².